The van der Waals surface area contributed by atoms with Crippen LogP contribution in [0, 0.1) is 0 Å². The van der Waals surface area contributed by atoms with E-state index < -0.39 is 0 Å². The molecule has 2 aromatic carbocycles. The summed E-state index contributed by atoms with van der Waals surface area (Å²) in [6.45, 7) is 0. The standard InChI is InChI=1S/C14H11ClN2O3/c1-20-13-7-12(6-9(8-18)14(13)19)17-16-11-4-2-10(15)3-5-11/h2-8,19H,1H3. The van der Waals surface area contributed by atoms with Crippen molar-refractivity contribution in [3.8, 4) is 11.5 Å². The van der Waals surface area contributed by atoms with Crippen LogP contribution in [0.4, 0.5) is 11.4 Å². The van der Waals surface area contributed by atoms with Crippen molar-refractivity contribution in [1.29, 1.82) is 0 Å². The van der Waals surface area contributed by atoms with Crippen molar-refractivity contribution in [2.24, 2.45) is 10.2 Å². The number of nitrogens with zero attached hydrogens (tertiary/aromatic N) is 2. The van der Waals surface area contributed by atoms with Gasteiger partial charge in [-0.05, 0) is 30.3 Å². The van der Waals surface area contributed by atoms with Gasteiger partial charge >= 0.3 is 0 Å². The Bertz CT molecular complexity index is 654. The Morgan fingerprint density at radius 1 is 1.15 bits per heavy atom. The minimum absolute atomic E-state index is 0.0920. The van der Waals surface area contributed by atoms with E-state index in [9.17, 15) is 9.90 Å². The number of hydrogen-bond donors (Lipinski definition) is 1. The first kappa shape index (κ1) is 14.0. The lowest BCUT2D eigenvalue weighted by Gasteiger charge is -2.05. The molecule has 0 heterocycles. The first-order chi connectivity index (χ1) is 9.63. The number of phenols is 1. The fourth-order valence-electron chi connectivity index (χ4n) is 1.54. The van der Waals surface area contributed by atoms with E-state index in [1.165, 1.54) is 19.2 Å². The summed E-state index contributed by atoms with van der Waals surface area (Å²) in [6.07, 6.45) is 0.527. The van der Waals surface area contributed by atoms with Gasteiger partial charge in [-0.2, -0.15) is 10.2 Å². The minimum Gasteiger partial charge on any atom is -0.504 e. The van der Waals surface area contributed by atoms with E-state index >= 15 is 0 Å². The Kier molecular flexibility index (Phi) is 4.32. The van der Waals surface area contributed by atoms with Gasteiger partial charge in [0.1, 0.15) is 0 Å². The summed E-state index contributed by atoms with van der Waals surface area (Å²) in [6, 6.07) is 9.73. The Labute approximate surface area is 120 Å². The second-order valence-corrected chi connectivity index (χ2v) is 4.32. The van der Waals surface area contributed by atoms with Gasteiger partial charge in [-0.1, -0.05) is 11.6 Å². The number of carbonyl (C=O) groups is 1. The molecule has 0 saturated heterocycles. The number of rotatable bonds is 4. The quantitative estimate of drug-likeness (QED) is 0.674. The van der Waals surface area contributed by atoms with Gasteiger partial charge in [0.2, 0.25) is 0 Å². The van der Waals surface area contributed by atoms with Crippen LogP contribution in [0.1, 0.15) is 10.4 Å². The Morgan fingerprint density at radius 2 is 1.80 bits per heavy atom. The van der Waals surface area contributed by atoms with E-state index in [0.717, 1.165) is 0 Å². The molecule has 0 fully saturated rings. The molecular weight excluding hydrogens is 280 g/mol. The molecule has 2 aromatic rings. The summed E-state index contributed by atoms with van der Waals surface area (Å²) in [5.74, 6) is -0.0485. The molecular formula is C14H11ClN2O3. The number of azo groups is 1. The summed E-state index contributed by atoms with van der Waals surface area (Å²) in [5.41, 5.74) is 1.11. The minimum atomic E-state index is -0.215. The van der Waals surface area contributed by atoms with Crippen LogP contribution in [-0.2, 0) is 0 Å². The van der Waals surface area contributed by atoms with Crippen LogP contribution in [-0.4, -0.2) is 18.5 Å². The van der Waals surface area contributed by atoms with Crippen molar-refractivity contribution in [1.82, 2.24) is 0 Å². The number of carbonyl (C=O) groups excluding carboxylic acids is 1. The SMILES string of the molecule is COc1cc(N=Nc2ccc(Cl)cc2)cc(C=O)c1O. The van der Waals surface area contributed by atoms with Crippen molar-refractivity contribution in [3.63, 3.8) is 0 Å². The number of methoxy groups -OCH3 is 1. The zero-order valence-corrected chi connectivity index (χ0v) is 11.3. The molecule has 0 unspecified atom stereocenters. The van der Waals surface area contributed by atoms with Crippen molar-refractivity contribution < 1.29 is 14.6 Å². The molecule has 5 nitrogen and oxygen atoms in total. The predicted molar refractivity (Wildman–Crippen MR) is 75.7 cm³/mol. The normalized spacial score (nSPS) is 10.7. The van der Waals surface area contributed by atoms with Crippen molar-refractivity contribution in [2.45, 2.75) is 0 Å². The van der Waals surface area contributed by atoms with E-state index in [1.807, 2.05) is 0 Å². The number of phenolic OH excluding ortho intramolecular Hbond substituents is 1. The lowest BCUT2D eigenvalue weighted by molar-refractivity contribution is 0.112. The van der Waals surface area contributed by atoms with E-state index in [-0.39, 0.29) is 17.1 Å². The van der Waals surface area contributed by atoms with E-state index in [0.29, 0.717) is 22.7 Å². The molecule has 6 heteroatoms. The highest BCUT2D eigenvalue weighted by Crippen LogP contribution is 2.34. The summed E-state index contributed by atoms with van der Waals surface area (Å²) >= 11 is 5.77. The molecule has 0 aliphatic rings. The number of ether oxygens (including phenoxy) is 1. The average molecular weight is 291 g/mol. The molecule has 0 radical (unpaired) electrons. The van der Waals surface area contributed by atoms with Crippen molar-refractivity contribution in [3.05, 3.63) is 47.0 Å². The molecule has 0 atom stereocenters. The van der Waals surface area contributed by atoms with E-state index in [1.54, 1.807) is 24.3 Å². The van der Waals surface area contributed by atoms with Gasteiger partial charge in [-0.15, -0.1) is 0 Å². The largest absolute Gasteiger partial charge is 0.504 e. The topological polar surface area (TPSA) is 71.2 Å². The third kappa shape index (κ3) is 3.13. The highest BCUT2D eigenvalue weighted by Gasteiger charge is 2.09. The second-order valence-electron chi connectivity index (χ2n) is 3.88. The van der Waals surface area contributed by atoms with E-state index in [2.05, 4.69) is 10.2 Å². The number of benzene rings is 2. The molecule has 0 saturated carbocycles. The van der Waals surface area contributed by atoms with Crippen molar-refractivity contribution >= 4 is 29.3 Å². The highest BCUT2D eigenvalue weighted by atomic mass is 35.5. The van der Waals surface area contributed by atoms with Gasteiger partial charge in [0.15, 0.2) is 17.8 Å². The molecule has 0 aliphatic carbocycles. The summed E-state index contributed by atoms with van der Waals surface area (Å²) in [5, 5.41) is 18.3. The van der Waals surface area contributed by atoms with Crippen LogP contribution in [0.3, 0.4) is 0 Å². The maximum Gasteiger partial charge on any atom is 0.168 e. The third-order valence-corrected chi connectivity index (χ3v) is 2.80. The Morgan fingerprint density at radius 3 is 2.40 bits per heavy atom. The molecule has 0 bridgehead atoms. The number of hydrogen-bond acceptors (Lipinski definition) is 5. The molecule has 0 aromatic heterocycles. The smallest absolute Gasteiger partial charge is 0.168 e. The molecule has 0 aliphatic heterocycles. The van der Waals surface area contributed by atoms with Crippen LogP contribution < -0.4 is 4.74 Å². The molecule has 0 amide bonds. The molecule has 102 valence electrons. The Balaban J connectivity index is 2.33. The van der Waals surface area contributed by atoms with Crippen LogP contribution >= 0.6 is 11.6 Å². The van der Waals surface area contributed by atoms with Crippen molar-refractivity contribution in [2.75, 3.05) is 7.11 Å². The highest BCUT2D eigenvalue weighted by molar-refractivity contribution is 6.30. The van der Waals surface area contributed by atoms with E-state index in [4.69, 9.17) is 16.3 Å². The third-order valence-electron chi connectivity index (χ3n) is 2.54. The fraction of sp³-hybridized carbons (Fsp3) is 0.0714. The Hall–Kier alpha value is -2.40. The van der Waals surface area contributed by atoms with Gasteiger partial charge in [-0.3, -0.25) is 4.79 Å². The maximum absolute atomic E-state index is 10.9. The van der Waals surface area contributed by atoms with Crippen LogP contribution in [0.2, 0.25) is 5.02 Å². The second kappa shape index (κ2) is 6.16. The van der Waals surface area contributed by atoms with Crippen LogP contribution in [0.15, 0.2) is 46.6 Å². The lowest BCUT2D eigenvalue weighted by Crippen LogP contribution is -1.88. The average Bonchev–Trinajstić information content (AvgIpc) is 2.47. The molecule has 2 rings (SSSR count). The van der Waals surface area contributed by atoms with Gasteiger partial charge in [0.05, 0.1) is 24.0 Å². The summed E-state index contributed by atoms with van der Waals surface area (Å²) < 4.78 is 4.97. The van der Waals surface area contributed by atoms with Gasteiger partial charge < -0.3 is 9.84 Å². The number of aldehydes is 1. The zero-order chi connectivity index (χ0) is 14.5. The fourth-order valence-corrected chi connectivity index (χ4v) is 1.67. The monoisotopic (exact) mass is 290 g/mol. The number of halogens is 1. The lowest BCUT2D eigenvalue weighted by atomic mass is 10.2. The first-order valence-corrected chi connectivity index (χ1v) is 6.05. The molecule has 20 heavy (non-hydrogen) atoms. The van der Waals surface area contributed by atoms with Gasteiger partial charge in [0.25, 0.3) is 0 Å². The van der Waals surface area contributed by atoms with Crippen LogP contribution in [0.5, 0.6) is 11.5 Å². The van der Waals surface area contributed by atoms with Crippen LogP contribution in [0.25, 0.3) is 0 Å². The zero-order valence-electron chi connectivity index (χ0n) is 10.6. The maximum atomic E-state index is 10.9. The first-order valence-electron chi connectivity index (χ1n) is 5.67. The number of aromatic hydroxyl groups is 1. The molecule has 0 spiro atoms. The summed E-state index contributed by atoms with van der Waals surface area (Å²) in [4.78, 5) is 10.9. The molecule has 1 N–H and O–H groups in total. The van der Waals surface area contributed by atoms with Gasteiger partial charge in [0, 0.05) is 11.1 Å². The predicted octanol–water partition coefficient (Wildman–Crippen LogP) is 4.28. The summed E-state index contributed by atoms with van der Waals surface area (Å²) in [7, 11) is 1.39. The van der Waals surface area contributed by atoms with Gasteiger partial charge in [-0.25, -0.2) is 0 Å².